The molecule has 1 aromatic rings. The molecule has 0 saturated carbocycles. The van der Waals surface area contributed by atoms with Crippen LogP contribution in [0.5, 0.6) is 0 Å². The largest absolute Gasteiger partial charge is 0.467 e. The Kier molecular flexibility index (Phi) is 36.4. The fourth-order valence-corrected chi connectivity index (χ4v) is 13.3. The molecular weight excluding hydrogens is 1230 g/mol. The van der Waals surface area contributed by atoms with Gasteiger partial charge in [0, 0.05) is 66.4 Å². The monoisotopic (exact) mass is 1330 g/mol. The predicted octanol–water partition coefficient (Wildman–Crippen LogP) is 6.82. The Hall–Kier alpha value is -6.25. The van der Waals surface area contributed by atoms with Gasteiger partial charge < -0.3 is 51.6 Å². The van der Waals surface area contributed by atoms with Gasteiger partial charge in [-0.2, -0.15) is 23.5 Å². The lowest BCUT2D eigenvalue weighted by molar-refractivity contribution is -0.146. The molecule has 9 amide bonds. The van der Waals surface area contributed by atoms with Crippen molar-refractivity contribution in [2.75, 3.05) is 81.5 Å². The van der Waals surface area contributed by atoms with E-state index in [1.54, 1.807) is 19.2 Å². The van der Waals surface area contributed by atoms with Gasteiger partial charge in [-0.3, -0.25) is 48.1 Å². The molecule has 1 fully saturated rings. The first-order valence-electron chi connectivity index (χ1n) is 30.7. The standard InChI is InChI=1S/C64H97N9O13S4/c1-42(2)36-49(68-55(76)38-67-58(79)48(31-34-87-11)70-59(80)50(41-89-90-64(6,7)8)69-54(75)37-66-53(74)27-13-12-16-32-73-56(77)28-29-57(73)78)61(82)72-33-19-26-52(72)60(81)71-51(63(84)85-10)40-88-35-30-44(4)22-17-20-43(3)21-18-23-45(5)39-86-62(83)46-24-14-15-25-47(46)65-9/h14-15,20,23-25,28-30,42,48-52,65H,12-13,16-19,21-22,26-27,31-41H2,1-11H3,(H,66,74)(H,67,79)(H,68,76)(H,69,75)(H,70,80)(H,71,81)/b43-20+,44-30+,45-23+/t48-,49-,50-,51-,52-/m0/s1. The number of carbonyl (C=O) groups is 11. The minimum Gasteiger partial charge on any atom is -0.467 e. The van der Waals surface area contributed by atoms with E-state index in [0.717, 1.165) is 41.8 Å². The highest BCUT2D eigenvalue weighted by Crippen LogP contribution is 2.35. The number of nitrogens with one attached hydrogen (secondary N) is 7. The minimum atomic E-state index is -1.11. The van der Waals surface area contributed by atoms with Gasteiger partial charge in [-0.1, -0.05) is 104 Å². The molecule has 0 unspecified atom stereocenters. The number of hydrogen-bond donors (Lipinski definition) is 7. The first-order chi connectivity index (χ1) is 42.8. The number of imide groups is 1. The van der Waals surface area contributed by atoms with E-state index >= 15 is 0 Å². The van der Waals surface area contributed by atoms with Gasteiger partial charge in [0.15, 0.2) is 0 Å². The molecule has 2 heterocycles. The first-order valence-corrected chi connectivity index (χ1v) is 35.6. The third kappa shape index (κ3) is 30.2. The van der Waals surface area contributed by atoms with Gasteiger partial charge in [0.2, 0.25) is 41.4 Å². The van der Waals surface area contributed by atoms with E-state index < -0.39 is 90.6 Å². The molecule has 0 aliphatic carbocycles. The van der Waals surface area contributed by atoms with Crippen LogP contribution in [0.2, 0.25) is 0 Å². The predicted molar refractivity (Wildman–Crippen MR) is 360 cm³/mol. The molecule has 500 valence electrons. The van der Waals surface area contributed by atoms with E-state index in [0.29, 0.717) is 49.2 Å². The quantitative estimate of drug-likeness (QED) is 0.0116. The van der Waals surface area contributed by atoms with E-state index in [4.69, 9.17) is 9.47 Å². The Bertz CT molecular complexity index is 2710. The molecule has 0 aromatic heterocycles. The van der Waals surface area contributed by atoms with E-state index in [2.05, 4.69) is 69.3 Å². The number of thioether (sulfide) groups is 2. The number of anilines is 1. The van der Waals surface area contributed by atoms with Crippen molar-refractivity contribution in [1.82, 2.24) is 41.7 Å². The lowest BCUT2D eigenvalue weighted by atomic mass is 10.0. The smallest absolute Gasteiger partial charge is 0.340 e. The van der Waals surface area contributed by atoms with Crippen LogP contribution in [0, 0.1) is 5.92 Å². The number of unbranched alkanes of at least 4 members (excludes halogenated alkanes) is 2. The zero-order chi connectivity index (χ0) is 66.8. The highest BCUT2D eigenvalue weighted by molar-refractivity contribution is 8.77. The van der Waals surface area contributed by atoms with Crippen molar-refractivity contribution in [2.45, 2.75) is 167 Å². The number of carbonyl (C=O) groups excluding carboxylic acids is 11. The molecular formula is C64H97N9O13S4. The van der Waals surface area contributed by atoms with Crippen molar-refractivity contribution in [3.63, 3.8) is 0 Å². The topological polar surface area (TPSA) is 297 Å². The average molecular weight is 1330 g/mol. The second kappa shape index (κ2) is 42.0. The Labute approximate surface area is 548 Å². The number of allylic oxidation sites excluding steroid dienone is 4. The van der Waals surface area contributed by atoms with Crippen LogP contribution >= 0.6 is 45.1 Å². The zero-order valence-corrected chi connectivity index (χ0v) is 57.6. The summed E-state index contributed by atoms with van der Waals surface area (Å²) in [7, 11) is 5.86. The number of likely N-dealkylation sites (tertiary alicyclic amines) is 1. The highest BCUT2D eigenvalue weighted by atomic mass is 33.1. The first kappa shape index (κ1) is 78.0. The molecule has 26 heteroatoms. The van der Waals surface area contributed by atoms with Crippen molar-refractivity contribution in [2.24, 2.45) is 5.92 Å². The van der Waals surface area contributed by atoms with Crippen molar-refractivity contribution < 1.29 is 62.2 Å². The summed E-state index contributed by atoms with van der Waals surface area (Å²) in [6.07, 6.45) is 17.0. The van der Waals surface area contributed by atoms with Crippen molar-refractivity contribution in [1.29, 1.82) is 0 Å². The van der Waals surface area contributed by atoms with Gasteiger partial charge in [0.05, 0.1) is 25.8 Å². The summed E-state index contributed by atoms with van der Waals surface area (Å²) in [5.74, 6) is -4.39. The number of para-hydroxylation sites is 1. The normalized spacial score (nSPS) is 15.8. The summed E-state index contributed by atoms with van der Waals surface area (Å²) >= 11 is 2.90. The fraction of sp³-hybridized carbons (Fsp3) is 0.609. The van der Waals surface area contributed by atoms with Gasteiger partial charge >= 0.3 is 11.9 Å². The second-order valence-electron chi connectivity index (χ2n) is 23.6. The van der Waals surface area contributed by atoms with Gasteiger partial charge in [0.25, 0.3) is 11.8 Å². The number of nitrogens with zero attached hydrogens (tertiary/aromatic N) is 2. The Balaban J connectivity index is 1.52. The summed E-state index contributed by atoms with van der Waals surface area (Å²) < 4.78 is 10.4. The SMILES string of the molecule is CNc1ccccc1C(=O)OC/C(C)=C/CC/C(C)=C/CC/C(C)=C/CSC[C@H](NC(=O)[C@@H]1CCCN1C(=O)[C@H](CC(C)C)NC(=O)CNC(=O)[C@H](CCSC)NC(=O)[C@H](CSSC(C)(C)C)NC(=O)CNC(=O)CCCCCN1C(=O)C=CC1=O)C(=O)OC. The Morgan fingerprint density at radius 1 is 0.733 bits per heavy atom. The molecule has 2 aliphatic heterocycles. The second-order valence-corrected chi connectivity index (χ2v) is 28.8. The molecule has 0 spiro atoms. The Morgan fingerprint density at radius 3 is 2.02 bits per heavy atom. The molecule has 2 aliphatic rings. The molecule has 1 aromatic carbocycles. The van der Waals surface area contributed by atoms with Crippen molar-refractivity contribution in [3.05, 3.63) is 76.9 Å². The number of ether oxygens (including phenoxy) is 2. The van der Waals surface area contributed by atoms with Gasteiger partial charge in [-0.25, -0.2) is 9.59 Å². The number of amides is 9. The molecule has 3 rings (SSSR count). The fourth-order valence-electron chi connectivity index (χ4n) is 9.32. The average Bonchev–Trinajstić information content (AvgIpc) is 2.64. The van der Waals surface area contributed by atoms with Crippen molar-refractivity contribution in [3.8, 4) is 0 Å². The zero-order valence-electron chi connectivity index (χ0n) is 54.3. The van der Waals surface area contributed by atoms with E-state index in [1.165, 1.54) is 80.4 Å². The molecule has 22 nitrogen and oxygen atoms in total. The molecule has 1 saturated heterocycles. The molecule has 7 N–H and O–H groups in total. The summed E-state index contributed by atoms with van der Waals surface area (Å²) in [5.41, 5.74) is 4.63. The lowest BCUT2D eigenvalue weighted by Crippen LogP contribution is -2.57. The van der Waals surface area contributed by atoms with Crippen LogP contribution in [0.25, 0.3) is 0 Å². The van der Waals surface area contributed by atoms with Crippen LogP contribution in [0.15, 0.2) is 71.4 Å². The molecule has 5 atom stereocenters. The van der Waals surface area contributed by atoms with Crippen LogP contribution in [0.4, 0.5) is 5.69 Å². The maximum absolute atomic E-state index is 14.3. The molecule has 90 heavy (non-hydrogen) atoms. The Morgan fingerprint density at radius 2 is 1.38 bits per heavy atom. The maximum atomic E-state index is 14.3. The lowest BCUT2D eigenvalue weighted by Gasteiger charge is -2.30. The number of benzene rings is 1. The maximum Gasteiger partial charge on any atom is 0.340 e. The third-order valence-corrected chi connectivity index (χ3v) is 19.2. The van der Waals surface area contributed by atoms with Crippen LogP contribution in [-0.2, 0) is 57.4 Å². The van der Waals surface area contributed by atoms with Crippen molar-refractivity contribution >= 4 is 116 Å². The summed E-state index contributed by atoms with van der Waals surface area (Å²) in [5, 5.41) is 19.2. The van der Waals surface area contributed by atoms with E-state index in [-0.39, 0.29) is 78.9 Å². The van der Waals surface area contributed by atoms with Gasteiger partial charge in [-0.05, 0) is 121 Å². The van der Waals surface area contributed by atoms with Crippen LogP contribution in [-0.4, -0.2) is 186 Å². The number of hydrogen-bond acceptors (Lipinski definition) is 18. The molecule has 0 radical (unpaired) electrons. The van der Waals surface area contributed by atoms with Gasteiger partial charge in [-0.15, -0.1) is 0 Å². The third-order valence-electron chi connectivity index (χ3n) is 14.2. The summed E-state index contributed by atoms with van der Waals surface area (Å²) in [4.78, 5) is 147. The summed E-state index contributed by atoms with van der Waals surface area (Å²) in [6, 6.07) is 2.05. The highest BCUT2D eigenvalue weighted by Gasteiger charge is 2.39. The minimum absolute atomic E-state index is 0.0660. The number of methoxy groups -OCH3 is 1. The van der Waals surface area contributed by atoms with Crippen LogP contribution in [0.1, 0.15) is 143 Å². The summed E-state index contributed by atoms with van der Waals surface area (Å²) in [6.45, 7) is 15.6. The number of rotatable bonds is 41. The van der Waals surface area contributed by atoms with E-state index in [9.17, 15) is 52.7 Å². The van der Waals surface area contributed by atoms with Gasteiger partial charge in [0.1, 0.15) is 36.8 Å². The van der Waals surface area contributed by atoms with Crippen LogP contribution in [0.3, 0.4) is 0 Å². The molecule has 0 bridgehead atoms. The van der Waals surface area contributed by atoms with Crippen LogP contribution < -0.4 is 37.2 Å². The number of esters is 2. The van der Waals surface area contributed by atoms with E-state index in [1.807, 2.05) is 59.9 Å².